The average molecular weight is 258 g/mol. The summed E-state index contributed by atoms with van der Waals surface area (Å²) in [5.41, 5.74) is 0.302. The molecule has 18 heavy (non-hydrogen) atoms. The van der Waals surface area contributed by atoms with E-state index in [1.807, 2.05) is 0 Å². The van der Waals surface area contributed by atoms with Gasteiger partial charge >= 0.3 is 12.0 Å². The number of para-hydroxylation sites is 1. The lowest BCUT2D eigenvalue weighted by Gasteiger charge is -2.02. The topological polar surface area (TPSA) is 39.4 Å². The third kappa shape index (κ3) is 1.83. The van der Waals surface area contributed by atoms with Gasteiger partial charge in [-0.3, -0.25) is 4.79 Å². The summed E-state index contributed by atoms with van der Waals surface area (Å²) in [7, 11) is 1.37. The highest BCUT2D eigenvalue weighted by Crippen LogP contribution is 2.34. The Kier molecular flexibility index (Phi) is 2.80. The van der Waals surface area contributed by atoms with Crippen LogP contribution in [0.3, 0.4) is 0 Å². The number of methoxy groups -OCH3 is 1. The molecule has 1 aromatic carbocycles. The number of hydrogen-bond donors (Lipinski definition) is 0. The number of alkyl halides is 3. The van der Waals surface area contributed by atoms with Crippen LogP contribution >= 0.6 is 0 Å². The van der Waals surface area contributed by atoms with Crippen molar-refractivity contribution in [2.24, 2.45) is 0 Å². The minimum atomic E-state index is -4.95. The summed E-state index contributed by atoms with van der Waals surface area (Å²) >= 11 is 0. The molecule has 0 atom stereocenters. The minimum absolute atomic E-state index is 0.144. The van der Waals surface area contributed by atoms with Crippen molar-refractivity contribution in [1.29, 1.82) is 0 Å². The van der Waals surface area contributed by atoms with E-state index in [4.69, 9.17) is 9.15 Å². The Balaban J connectivity index is 2.68. The number of fused-ring (bicyclic) bond motifs is 1. The molecular weight excluding hydrogens is 249 g/mol. The van der Waals surface area contributed by atoms with Crippen molar-refractivity contribution in [3.63, 3.8) is 0 Å². The largest absolute Gasteiger partial charge is 0.493 e. The molecule has 2 aromatic rings. The van der Waals surface area contributed by atoms with Crippen LogP contribution in [-0.2, 0) is 0 Å². The van der Waals surface area contributed by atoms with Crippen LogP contribution in [0.4, 0.5) is 13.2 Å². The summed E-state index contributed by atoms with van der Waals surface area (Å²) in [6.45, 7) is 1.41. The van der Waals surface area contributed by atoms with Crippen molar-refractivity contribution >= 4 is 16.8 Å². The van der Waals surface area contributed by atoms with Gasteiger partial charge in [-0.05, 0) is 13.0 Å². The van der Waals surface area contributed by atoms with Crippen LogP contribution in [0, 0.1) is 6.92 Å². The van der Waals surface area contributed by atoms with E-state index in [0.29, 0.717) is 5.39 Å². The molecule has 0 saturated heterocycles. The Labute approximate surface area is 100 Å². The van der Waals surface area contributed by atoms with E-state index < -0.39 is 17.7 Å². The monoisotopic (exact) mass is 258 g/mol. The molecule has 0 aliphatic rings. The van der Waals surface area contributed by atoms with Gasteiger partial charge in [-0.2, -0.15) is 13.2 Å². The van der Waals surface area contributed by atoms with Gasteiger partial charge in [-0.1, -0.05) is 12.1 Å². The zero-order valence-electron chi connectivity index (χ0n) is 9.59. The van der Waals surface area contributed by atoms with Crippen LogP contribution in [0.5, 0.6) is 5.75 Å². The first-order valence-corrected chi connectivity index (χ1v) is 5.04. The maximum atomic E-state index is 12.4. The van der Waals surface area contributed by atoms with E-state index in [0.717, 1.165) is 0 Å². The smallest absolute Gasteiger partial charge is 0.458 e. The molecule has 3 nitrogen and oxygen atoms in total. The zero-order chi connectivity index (χ0) is 13.5. The fourth-order valence-electron chi connectivity index (χ4n) is 1.72. The molecule has 0 amide bonds. The average Bonchev–Trinajstić information content (AvgIpc) is 2.65. The second-order valence-electron chi connectivity index (χ2n) is 3.72. The summed E-state index contributed by atoms with van der Waals surface area (Å²) in [6, 6.07) is 4.74. The van der Waals surface area contributed by atoms with Gasteiger partial charge in [0.05, 0.1) is 7.11 Å². The van der Waals surface area contributed by atoms with Crippen molar-refractivity contribution in [3.8, 4) is 5.75 Å². The van der Waals surface area contributed by atoms with Crippen LogP contribution in [-0.4, -0.2) is 19.1 Å². The van der Waals surface area contributed by atoms with Crippen LogP contribution in [0.15, 0.2) is 22.6 Å². The van der Waals surface area contributed by atoms with Crippen molar-refractivity contribution in [2.75, 3.05) is 7.11 Å². The fourth-order valence-corrected chi connectivity index (χ4v) is 1.72. The summed E-state index contributed by atoms with van der Waals surface area (Å²) in [4.78, 5) is 11.2. The highest BCUT2D eigenvalue weighted by molar-refractivity contribution is 6.04. The van der Waals surface area contributed by atoms with Gasteiger partial charge in [0, 0.05) is 10.9 Å². The minimum Gasteiger partial charge on any atom is -0.493 e. The van der Waals surface area contributed by atoms with E-state index in [9.17, 15) is 18.0 Å². The van der Waals surface area contributed by atoms with Gasteiger partial charge in [0.2, 0.25) is 0 Å². The normalized spacial score (nSPS) is 11.8. The Morgan fingerprint density at radius 1 is 1.33 bits per heavy atom. The number of benzene rings is 1. The van der Waals surface area contributed by atoms with Gasteiger partial charge in [0.15, 0.2) is 17.1 Å². The van der Waals surface area contributed by atoms with Crippen molar-refractivity contribution in [2.45, 2.75) is 13.1 Å². The molecule has 0 unspecified atom stereocenters. The van der Waals surface area contributed by atoms with Gasteiger partial charge in [0.1, 0.15) is 0 Å². The SMILES string of the molecule is COc1cccc2c(C)c(C(=O)C(F)(F)F)oc12. The van der Waals surface area contributed by atoms with Gasteiger partial charge in [-0.25, -0.2) is 0 Å². The molecule has 0 fully saturated rings. The Morgan fingerprint density at radius 3 is 2.56 bits per heavy atom. The summed E-state index contributed by atoms with van der Waals surface area (Å²) in [5, 5.41) is 0.432. The van der Waals surface area contributed by atoms with E-state index in [2.05, 4.69) is 0 Å². The van der Waals surface area contributed by atoms with Crippen molar-refractivity contribution in [1.82, 2.24) is 0 Å². The van der Waals surface area contributed by atoms with E-state index in [1.54, 1.807) is 18.2 Å². The molecule has 96 valence electrons. The van der Waals surface area contributed by atoms with Crippen LogP contribution in [0.25, 0.3) is 11.0 Å². The fraction of sp³-hybridized carbons (Fsp3) is 0.250. The van der Waals surface area contributed by atoms with Crippen LogP contribution in [0.2, 0.25) is 0 Å². The third-order valence-electron chi connectivity index (χ3n) is 2.61. The number of hydrogen-bond acceptors (Lipinski definition) is 3. The standard InChI is InChI=1S/C12H9F3O3/c1-6-7-4-3-5-8(17-2)10(7)18-9(6)11(16)12(13,14)15/h3-5H,1-2H3. The lowest BCUT2D eigenvalue weighted by molar-refractivity contribution is -0.0899. The van der Waals surface area contributed by atoms with Crippen molar-refractivity contribution in [3.05, 3.63) is 29.5 Å². The van der Waals surface area contributed by atoms with Crippen molar-refractivity contribution < 1.29 is 27.1 Å². The molecule has 1 aromatic heterocycles. The highest BCUT2D eigenvalue weighted by Gasteiger charge is 2.42. The number of ether oxygens (including phenoxy) is 1. The predicted molar refractivity (Wildman–Crippen MR) is 57.9 cm³/mol. The zero-order valence-corrected chi connectivity index (χ0v) is 9.59. The summed E-state index contributed by atoms with van der Waals surface area (Å²) in [6.07, 6.45) is -4.95. The Morgan fingerprint density at radius 2 is 2.00 bits per heavy atom. The number of furan rings is 1. The Bertz CT molecular complexity index is 611. The lowest BCUT2D eigenvalue weighted by Crippen LogP contribution is -2.22. The molecule has 0 radical (unpaired) electrons. The first kappa shape index (κ1) is 12.5. The lowest BCUT2D eigenvalue weighted by atomic mass is 10.1. The molecule has 1 heterocycles. The third-order valence-corrected chi connectivity index (χ3v) is 2.61. The Hall–Kier alpha value is -1.98. The number of Topliss-reactive ketones (excluding diaryl/α,β-unsaturated/α-hetero) is 1. The maximum absolute atomic E-state index is 12.4. The number of carbonyl (C=O) groups is 1. The van der Waals surface area contributed by atoms with E-state index in [-0.39, 0.29) is 16.9 Å². The van der Waals surface area contributed by atoms with Gasteiger partial charge in [-0.15, -0.1) is 0 Å². The molecule has 0 saturated carbocycles. The van der Waals surface area contributed by atoms with Gasteiger partial charge < -0.3 is 9.15 Å². The quantitative estimate of drug-likeness (QED) is 0.774. The molecular formula is C12H9F3O3. The molecule has 0 bridgehead atoms. The second-order valence-corrected chi connectivity index (χ2v) is 3.72. The van der Waals surface area contributed by atoms with E-state index >= 15 is 0 Å². The van der Waals surface area contributed by atoms with Gasteiger partial charge in [0.25, 0.3) is 0 Å². The van der Waals surface area contributed by atoms with Crippen LogP contribution in [0.1, 0.15) is 16.1 Å². The van der Waals surface area contributed by atoms with Crippen LogP contribution < -0.4 is 4.74 Å². The maximum Gasteiger partial charge on any atom is 0.458 e. The first-order chi connectivity index (χ1) is 8.36. The molecule has 0 aliphatic carbocycles. The predicted octanol–water partition coefficient (Wildman–Crippen LogP) is 3.49. The summed E-state index contributed by atoms with van der Waals surface area (Å²) < 4.78 is 47.1. The van der Waals surface area contributed by atoms with E-state index in [1.165, 1.54) is 14.0 Å². The number of aryl methyl sites for hydroxylation is 1. The molecule has 0 N–H and O–H groups in total. The summed E-state index contributed by atoms with van der Waals surface area (Å²) in [5.74, 6) is -2.39. The number of halogens is 3. The first-order valence-electron chi connectivity index (χ1n) is 5.04. The highest BCUT2D eigenvalue weighted by atomic mass is 19.4. The number of carbonyl (C=O) groups excluding carboxylic acids is 1. The number of ketones is 1. The molecule has 6 heteroatoms. The second kappa shape index (κ2) is 4.04. The molecule has 0 aliphatic heterocycles. The molecule has 0 spiro atoms. The molecule has 2 rings (SSSR count). The number of rotatable bonds is 2.